The Morgan fingerprint density at radius 1 is 1.44 bits per heavy atom. The van der Waals surface area contributed by atoms with E-state index in [1.165, 1.54) is 12.8 Å². The molecule has 0 saturated carbocycles. The SMILES string of the molecule is CCNC(=NCC1CCCN1CCOC)NC(C)c1ccc(C)c(F)c1.I. The van der Waals surface area contributed by atoms with Gasteiger partial charge in [-0.2, -0.15) is 0 Å². The van der Waals surface area contributed by atoms with Gasteiger partial charge in [0, 0.05) is 26.2 Å². The summed E-state index contributed by atoms with van der Waals surface area (Å²) in [4.78, 5) is 7.23. The summed E-state index contributed by atoms with van der Waals surface area (Å²) in [7, 11) is 1.74. The van der Waals surface area contributed by atoms with Gasteiger partial charge in [0.1, 0.15) is 5.82 Å². The number of benzene rings is 1. The maximum Gasteiger partial charge on any atom is 0.191 e. The van der Waals surface area contributed by atoms with Gasteiger partial charge in [-0.05, 0) is 57.4 Å². The van der Waals surface area contributed by atoms with E-state index < -0.39 is 0 Å². The molecule has 0 radical (unpaired) electrons. The van der Waals surface area contributed by atoms with Crippen LogP contribution in [0.4, 0.5) is 4.39 Å². The van der Waals surface area contributed by atoms with Gasteiger partial charge in [-0.3, -0.25) is 9.89 Å². The summed E-state index contributed by atoms with van der Waals surface area (Å²) in [6.45, 7) is 10.2. The van der Waals surface area contributed by atoms with Gasteiger partial charge in [0.15, 0.2) is 5.96 Å². The number of hydrogen-bond acceptors (Lipinski definition) is 3. The lowest BCUT2D eigenvalue weighted by molar-refractivity contribution is 0.142. The Balaban J connectivity index is 0.00000364. The quantitative estimate of drug-likeness (QED) is 0.332. The number of aliphatic imine (C=N–C) groups is 1. The average molecular weight is 492 g/mol. The highest BCUT2D eigenvalue weighted by Gasteiger charge is 2.23. The minimum Gasteiger partial charge on any atom is -0.383 e. The highest BCUT2D eigenvalue weighted by Crippen LogP contribution is 2.18. The Hall–Kier alpha value is -0.930. The highest BCUT2D eigenvalue weighted by atomic mass is 127. The Morgan fingerprint density at radius 2 is 2.22 bits per heavy atom. The molecular formula is C20H34FIN4O. The average Bonchev–Trinajstić information content (AvgIpc) is 3.07. The Kier molecular flexibility index (Phi) is 11.2. The third-order valence-corrected chi connectivity index (χ3v) is 4.94. The zero-order valence-corrected chi connectivity index (χ0v) is 19.3. The van der Waals surface area contributed by atoms with Crippen molar-refractivity contribution in [2.24, 2.45) is 4.99 Å². The van der Waals surface area contributed by atoms with Crippen LogP contribution in [0.15, 0.2) is 23.2 Å². The van der Waals surface area contributed by atoms with Crippen LogP contribution in [0.3, 0.4) is 0 Å². The zero-order chi connectivity index (χ0) is 18.9. The second kappa shape index (κ2) is 12.5. The molecule has 1 aromatic carbocycles. The fourth-order valence-corrected chi connectivity index (χ4v) is 3.29. The normalized spacial score (nSPS) is 18.9. The van der Waals surface area contributed by atoms with Crippen LogP contribution < -0.4 is 10.6 Å². The van der Waals surface area contributed by atoms with Crippen LogP contribution in [0.25, 0.3) is 0 Å². The first-order chi connectivity index (χ1) is 12.5. The monoisotopic (exact) mass is 492 g/mol. The van der Waals surface area contributed by atoms with Crippen molar-refractivity contribution in [3.05, 3.63) is 35.1 Å². The predicted octanol–water partition coefficient (Wildman–Crippen LogP) is 3.48. The molecule has 1 aliphatic rings. The number of likely N-dealkylation sites (tertiary alicyclic amines) is 1. The molecule has 27 heavy (non-hydrogen) atoms. The van der Waals surface area contributed by atoms with Gasteiger partial charge in [0.05, 0.1) is 19.2 Å². The third-order valence-electron chi connectivity index (χ3n) is 4.94. The molecule has 2 rings (SSSR count). The number of aryl methyl sites for hydroxylation is 1. The van der Waals surface area contributed by atoms with E-state index in [0.29, 0.717) is 11.6 Å². The number of nitrogens with one attached hydrogen (secondary N) is 2. The highest BCUT2D eigenvalue weighted by molar-refractivity contribution is 14.0. The first kappa shape index (κ1) is 24.1. The lowest BCUT2D eigenvalue weighted by Crippen LogP contribution is -2.40. The van der Waals surface area contributed by atoms with E-state index in [-0.39, 0.29) is 35.8 Å². The van der Waals surface area contributed by atoms with Crippen LogP contribution in [0, 0.1) is 12.7 Å². The van der Waals surface area contributed by atoms with Gasteiger partial charge in [-0.1, -0.05) is 12.1 Å². The van der Waals surface area contributed by atoms with E-state index in [9.17, 15) is 4.39 Å². The Labute approximate surface area is 180 Å². The molecule has 1 fully saturated rings. The molecule has 0 spiro atoms. The minimum atomic E-state index is -0.169. The number of nitrogens with zero attached hydrogens (tertiary/aromatic N) is 2. The van der Waals surface area contributed by atoms with Gasteiger partial charge in [0.2, 0.25) is 0 Å². The molecule has 1 heterocycles. The fraction of sp³-hybridized carbons (Fsp3) is 0.650. The summed E-state index contributed by atoms with van der Waals surface area (Å²) >= 11 is 0. The molecule has 2 unspecified atom stereocenters. The van der Waals surface area contributed by atoms with Crippen molar-refractivity contribution in [3.8, 4) is 0 Å². The van der Waals surface area contributed by atoms with Gasteiger partial charge in [0.25, 0.3) is 0 Å². The van der Waals surface area contributed by atoms with Crippen LogP contribution in [-0.4, -0.2) is 56.8 Å². The van der Waals surface area contributed by atoms with Crippen LogP contribution in [-0.2, 0) is 4.74 Å². The molecule has 0 amide bonds. The van der Waals surface area contributed by atoms with Crippen LogP contribution in [0.2, 0.25) is 0 Å². The number of rotatable bonds is 8. The first-order valence-electron chi connectivity index (χ1n) is 9.59. The third kappa shape index (κ3) is 7.54. The van der Waals surface area contributed by atoms with E-state index in [4.69, 9.17) is 9.73 Å². The summed E-state index contributed by atoms with van der Waals surface area (Å²) < 4.78 is 19.0. The molecule has 1 aromatic rings. The molecule has 0 bridgehead atoms. The van der Waals surface area contributed by atoms with Crippen LogP contribution in [0.5, 0.6) is 0 Å². The van der Waals surface area contributed by atoms with Gasteiger partial charge in [-0.25, -0.2) is 4.39 Å². The fourth-order valence-electron chi connectivity index (χ4n) is 3.29. The minimum absolute atomic E-state index is 0. The van der Waals surface area contributed by atoms with Crippen molar-refractivity contribution < 1.29 is 9.13 Å². The summed E-state index contributed by atoms with van der Waals surface area (Å²) in [6, 6.07) is 5.83. The first-order valence-corrected chi connectivity index (χ1v) is 9.59. The van der Waals surface area contributed by atoms with E-state index in [0.717, 1.165) is 44.3 Å². The van der Waals surface area contributed by atoms with Crippen LogP contribution in [0.1, 0.15) is 43.9 Å². The standard InChI is InChI=1S/C20H33FN4O.HI/c1-5-22-20(23-14-18-7-6-10-25(18)11-12-26-4)24-16(3)17-9-8-15(2)19(21)13-17;/h8-9,13,16,18H,5-7,10-12,14H2,1-4H3,(H2,22,23,24);1H. The van der Waals surface area contributed by atoms with E-state index in [1.807, 2.05) is 26.0 Å². The Bertz CT molecular complexity index is 599. The van der Waals surface area contributed by atoms with E-state index in [2.05, 4.69) is 15.5 Å². The van der Waals surface area contributed by atoms with E-state index >= 15 is 0 Å². The summed E-state index contributed by atoms with van der Waals surface area (Å²) in [6.07, 6.45) is 2.39. The molecule has 0 aliphatic carbocycles. The van der Waals surface area contributed by atoms with Crippen molar-refractivity contribution >= 4 is 29.9 Å². The van der Waals surface area contributed by atoms with Crippen molar-refractivity contribution in [1.29, 1.82) is 0 Å². The van der Waals surface area contributed by atoms with Crippen LogP contribution >= 0.6 is 24.0 Å². The number of guanidine groups is 1. The van der Waals surface area contributed by atoms with Crippen molar-refractivity contribution in [1.82, 2.24) is 15.5 Å². The summed E-state index contributed by atoms with van der Waals surface area (Å²) in [5, 5.41) is 6.69. The zero-order valence-electron chi connectivity index (χ0n) is 16.9. The van der Waals surface area contributed by atoms with Gasteiger partial charge < -0.3 is 15.4 Å². The second-order valence-corrected chi connectivity index (χ2v) is 6.92. The topological polar surface area (TPSA) is 48.9 Å². The maximum absolute atomic E-state index is 13.8. The molecular weight excluding hydrogens is 458 g/mol. The molecule has 1 saturated heterocycles. The molecule has 154 valence electrons. The molecule has 5 nitrogen and oxygen atoms in total. The Morgan fingerprint density at radius 3 is 2.89 bits per heavy atom. The van der Waals surface area contributed by atoms with E-state index in [1.54, 1.807) is 20.1 Å². The number of methoxy groups -OCH3 is 1. The maximum atomic E-state index is 13.8. The van der Waals surface area contributed by atoms with Gasteiger partial charge >= 0.3 is 0 Å². The number of hydrogen-bond donors (Lipinski definition) is 2. The molecule has 0 aromatic heterocycles. The number of ether oxygens (including phenoxy) is 1. The van der Waals surface area contributed by atoms with Gasteiger partial charge in [-0.15, -0.1) is 24.0 Å². The lowest BCUT2D eigenvalue weighted by Gasteiger charge is -2.24. The summed E-state index contributed by atoms with van der Waals surface area (Å²) in [5.41, 5.74) is 1.58. The molecule has 1 aliphatic heterocycles. The molecule has 2 N–H and O–H groups in total. The largest absolute Gasteiger partial charge is 0.383 e. The summed E-state index contributed by atoms with van der Waals surface area (Å²) in [5.74, 6) is 0.609. The molecule has 2 atom stereocenters. The lowest BCUT2D eigenvalue weighted by atomic mass is 10.1. The van der Waals surface area contributed by atoms with Crippen molar-refractivity contribution in [3.63, 3.8) is 0 Å². The van der Waals surface area contributed by atoms with Crippen molar-refractivity contribution in [2.75, 3.05) is 39.9 Å². The molecule has 7 heteroatoms. The van der Waals surface area contributed by atoms with Crippen molar-refractivity contribution in [2.45, 2.75) is 45.7 Å². The number of halogens is 2. The second-order valence-electron chi connectivity index (χ2n) is 6.92. The smallest absolute Gasteiger partial charge is 0.191 e. The predicted molar refractivity (Wildman–Crippen MR) is 121 cm³/mol.